The highest BCUT2D eigenvalue weighted by atomic mass is 16.6. The summed E-state index contributed by atoms with van der Waals surface area (Å²) in [5, 5.41) is 7.54. The number of methoxy groups -OCH3 is 1. The van der Waals surface area contributed by atoms with Gasteiger partial charge in [0.25, 0.3) is 5.56 Å². The molecule has 12 heteroatoms. The van der Waals surface area contributed by atoms with Crippen LogP contribution in [0, 0.1) is 5.92 Å². The van der Waals surface area contributed by atoms with E-state index in [0.29, 0.717) is 36.7 Å². The van der Waals surface area contributed by atoms with Crippen molar-refractivity contribution in [1.82, 2.24) is 19.2 Å². The van der Waals surface area contributed by atoms with Gasteiger partial charge in [0.05, 0.1) is 30.5 Å². The number of ether oxygens (including phenoxy) is 3. The number of hydrogen-bond acceptors (Lipinski definition) is 9. The second kappa shape index (κ2) is 11.6. The van der Waals surface area contributed by atoms with Crippen LogP contribution in [0.2, 0.25) is 0 Å². The van der Waals surface area contributed by atoms with Crippen molar-refractivity contribution in [3.8, 4) is 0 Å². The first-order valence-corrected chi connectivity index (χ1v) is 14.0. The number of aromatic nitrogens is 4. The Kier molecular flexibility index (Phi) is 8.14. The van der Waals surface area contributed by atoms with E-state index in [-0.39, 0.29) is 40.9 Å². The fourth-order valence-corrected chi connectivity index (χ4v) is 5.27. The standard InChI is InChI=1S/C29H38N6O6/c1-29(2,3)41-28(38)33(4)25-15-24(31-21-9-6-12-34(27(21)37)19-8-7-13-40-17-19)32-26-20(16-30-35(25)26)22(36)14-18-10-11-23(18)39-5/h6,9,12,15-16,18-19,23H,7-8,10-11,13-14,17H2,1-5H3,(H,31,32)/t18-,19+,23+/m0/s1. The molecule has 5 rings (SSSR count). The van der Waals surface area contributed by atoms with Crippen molar-refractivity contribution >= 4 is 34.8 Å². The first-order valence-electron chi connectivity index (χ1n) is 14.0. The van der Waals surface area contributed by atoms with E-state index in [9.17, 15) is 14.4 Å². The second-order valence-corrected chi connectivity index (χ2v) is 11.7. The van der Waals surface area contributed by atoms with Gasteiger partial charge >= 0.3 is 6.09 Å². The predicted octanol–water partition coefficient (Wildman–Crippen LogP) is 4.36. The topological polar surface area (TPSA) is 129 Å². The number of nitrogens with one attached hydrogen (secondary N) is 1. The molecule has 220 valence electrons. The summed E-state index contributed by atoms with van der Waals surface area (Å²) in [6.45, 7) is 6.52. The van der Waals surface area contributed by atoms with Crippen molar-refractivity contribution in [3.05, 3.63) is 46.5 Å². The molecule has 1 N–H and O–H groups in total. The molecule has 1 saturated carbocycles. The summed E-state index contributed by atoms with van der Waals surface area (Å²) in [6, 6.07) is 5.02. The molecule has 1 saturated heterocycles. The lowest BCUT2D eigenvalue weighted by molar-refractivity contribution is -0.0171. The van der Waals surface area contributed by atoms with Crippen LogP contribution in [0.4, 0.5) is 22.1 Å². The fourth-order valence-electron chi connectivity index (χ4n) is 5.27. The minimum Gasteiger partial charge on any atom is -0.443 e. The highest BCUT2D eigenvalue weighted by Gasteiger charge is 2.34. The Morgan fingerprint density at radius 2 is 2.05 bits per heavy atom. The molecule has 1 aliphatic carbocycles. The maximum Gasteiger partial charge on any atom is 0.415 e. The minimum absolute atomic E-state index is 0.0520. The molecule has 2 fully saturated rings. The number of carbonyl (C=O) groups excluding carboxylic acids is 2. The Morgan fingerprint density at radius 1 is 1.24 bits per heavy atom. The van der Waals surface area contributed by atoms with Crippen LogP contribution in [-0.2, 0) is 14.2 Å². The molecular formula is C29H38N6O6. The van der Waals surface area contributed by atoms with E-state index in [1.807, 2.05) is 0 Å². The molecule has 3 aromatic heterocycles. The quantitative estimate of drug-likeness (QED) is 0.396. The summed E-state index contributed by atoms with van der Waals surface area (Å²) in [5.41, 5.74) is -0.0185. The number of amides is 1. The molecule has 3 atom stereocenters. The Morgan fingerprint density at radius 3 is 2.71 bits per heavy atom. The normalized spacial score (nSPS) is 20.9. The summed E-state index contributed by atoms with van der Waals surface area (Å²) < 4.78 is 19.8. The smallest absolute Gasteiger partial charge is 0.415 e. The van der Waals surface area contributed by atoms with Gasteiger partial charge in [-0.15, -0.1) is 0 Å². The van der Waals surface area contributed by atoms with E-state index in [2.05, 4.69) is 15.4 Å². The van der Waals surface area contributed by atoms with Gasteiger partial charge < -0.3 is 24.1 Å². The van der Waals surface area contributed by atoms with Gasteiger partial charge in [0, 0.05) is 39.4 Å². The van der Waals surface area contributed by atoms with Crippen LogP contribution in [0.3, 0.4) is 0 Å². The number of nitrogens with zero attached hydrogens (tertiary/aromatic N) is 5. The van der Waals surface area contributed by atoms with Crippen molar-refractivity contribution < 1.29 is 23.8 Å². The average Bonchev–Trinajstić information content (AvgIpc) is 3.35. The first-order chi connectivity index (χ1) is 19.6. The lowest BCUT2D eigenvalue weighted by Crippen LogP contribution is -2.35. The number of anilines is 3. The summed E-state index contributed by atoms with van der Waals surface area (Å²) >= 11 is 0. The summed E-state index contributed by atoms with van der Waals surface area (Å²) in [7, 11) is 3.22. The summed E-state index contributed by atoms with van der Waals surface area (Å²) in [4.78, 5) is 45.8. The van der Waals surface area contributed by atoms with Gasteiger partial charge in [0.2, 0.25) is 0 Å². The van der Waals surface area contributed by atoms with E-state index < -0.39 is 11.7 Å². The highest BCUT2D eigenvalue weighted by molar-refractivity contribution is 6.02. The second-order valence-electron chi connectivity index (χ2n) is 11.7. The summed E-state index contributed by atoms with van der Waals surface area (Å²) in [6.07, 6.45) is 6.59. The molecule has 0 aromatic carbocycles. The molecule has 4 heterocycles. The van der Waals surface area contributed by atoms with Crippen molar-refractivity contribution in [3.63, 3.8) is 0 Å². The van der Waals surface area contributed by atoms with Crippen molar-refractivity contribution in [2.24, 2.45) is 5.92 Å². The molecule has 0 spiro atoms. The number of Topliss-reactive ketones (excluding diaryl/α,β-unsaturated/α-hetero) is 1. The van der Waals surface area contributed by atoms with Crippen LogP contribution in [-0.4, -0.2) is 70.1 Å². The molecule has 2 aliphatic rings. The third kappa shape index (κ3) is 6.13. The highest BCUT2D eigenvalue weighted by Crippen LogP contribution is 2.34. The fraction of sp³-hybridized carbons (Fsp3) is 0.552. The monoisotopic (exact) mass is 566 g/mol. The van der Waals surface area contributed by atoms with Crippen LogP contribution >= 0.6 is 0 Å². The Bertz CT molecular complexity index is 1480. The average molecular weight is 567 g/mol. The van der Waals surface area contributed by atoms with Crippen LogP contribution in [0.25, 0.3) is 5.65 Å². The Labute approximate surface area is 238 Å². The van der Waals surface area contributed by atoms with Crippen LogP contribution in [0.15, 0.2) is 35.4 Å². The van der Waals surface area contributed by atoms with Crippen molar-refractivity contribution in [1.29, 1.82) is 0 Å². The lowest BCUT2D eigenvalue weighted by Gasteiger charge is -2.34. The predicted molar refractivity (Wildman–Crippen MR) is 153 cm³/mol. The third-order valence-corrected chi connectivity index (χ3v) is 7.63. The van der Waals surface area contributed by atoms with Gasteiger partial charge in [-0.25, -0.2) is 9.78 Å². The first kappa shape index (κ1) is 28.7. The number of fused-ring (bicyclic) bond motifs is 1. The number of rotatable bonds is 8. The molecule has 3 aromatic rings. The van der Waals surface area contributed by atoms with E-state index in [1.165, 1.54) is 15.6 Å². The molecule has 1 aliphatic heterocycles. The van der Waals surface area contributed by atoms with E-state index in [0.717, 1.165) is 25.7 Å². The molecule has 1 amide bonds. The zero-order valence-corrected chi connectivity index (χ0v) is 24.3. The third-order valence-electron chi connectivity index (χ3n) is 7.63. The molecule has 0 radical (unpaired) electrons. The van der Waals surface area contributed by atoms with Gasteiger partial charge in [-0.3, -0.25) is 14.5 Å². The Hall–Kier alpha value is -3.77. The van der Waals surface area contributed by atoms with E-state index >= 15 is 0 Å². The van der Waals surface area contributed by atoms with Crippen molar-refractivity contribution in [2.45, 2.75) is 70.6 Å². The zero-order chi connectivity index (χ0) is 29.3. The largest absolute Gasteiger partial charge is 0.443 e. The molecule has 0 bridgehead atoms. The minimum atomic E-state index is -0.720. The maximum atomic E-state index is 13.4. The summed E-state index contributed by atoms with van der Waals surface area (Å²) in [5.74, 6) is 0.632. The molecule has 0 unspecified atom stereocenters. The molecular weight excluding hydrogens is 528 g/mol. The Balaban J connectivity index is 1.53. The number of carbonyl (C=O) groups is 2. The van der Waals surface area contributed by atoms with Crippen LogP contribution in [0.5, 0.6) is 0 Å². The van der Waals surface area contributed by atoms with E-state index in [4.69, 9.17) is 14.2 Å². The molecule has 12 nitrogen and oxygen atoms in total. The maximum absolute atomic E-state index is 13.4. The number of hydrogen-bond donors (Lipinski definition) is 1. The number of pyridine rings is 1. The number of ketones is 1. The zero-order valence-electron chi connectivity index (χ0n) is 24.3. The van der Waals surface area contributed by atoms with Gasteiger partial charge in [0.15, 0.2) is 11.4 Å². The van der Waals surface area contributed by atoms with Gasteiger partial charge in [-0.05, 0) is 64.5 Å². The SMILES string of the molecule is CO[C@@H]1CC[C@H]1CC(=O)c1cnn2c(N(C)C(=O)OC(C)(C)C)cc(Nc3cccn([C@@H]4CCCOC4)c3=O)nc12. The van der Waals surface area contributed by atoms with Gasteiger partial charge in [-0.2, -0.15) is 9.61 Å². The van der Waals surface area contributed by atoms with E-state index in [1.54, 1.807) is 63.9 Å². The van der Waals surface area contributed by atoms with Gasteiger partial charge in [-0.1, -0.05) is 0 Å². The van der Waals surface area contributed by atoms with Crippen LogP contribution in [0.1, 0.15) is 69.3 Å². The molecule has 41 heavy (non-hydrogen) atoms. The van der Waals surface area contributed by atoms with Crippen molar-refractivity contribution in [2.75, 3.05) is 37.6 Å². The van der Waals surface area contributed by atoms with Gasteiger partial charge in [0.1, 0.15) is 22.9 Å². The lowest BCUT2D eigenvalue weighted by atomic mass is 9.78. The van der Waals surface area contributed by atoms with Crippen LogP contribution < -0.4 is 15.8 Å².